The van der Waals surface area contributed by atoms with Crippen LogP contribution in [0.25, 0.3) is 10.9 Å². The van der Waals surface area contributed by atoms with Crippen LogP contribution in [0.4, 0.5) is 5.69 Å². The van der Waals surface area contributed by atoms with Gasteiger partial charge in [-0.3, -0.25) is 19.5 Å². The zero-order valence-electron chi connectivity index (χ0n) is 24.1. The molecule has 0 radical (unpaired) electrons. The summed E-state index contributed by atoms with van der Waals surface area (Å²) in [6.45, 7) is 3.24. The zero-order valence-corrected chi connectivity index (χ0v) is 24.1. The molecular weight excluding hydrogens is 532 g/mol. The summed E-state index contributed by atoms with van der Waals surface area (Å²) < 4.78 is 17.0. The second-order valence-electron chi connectivity index (χ2n) is 11.1. The fourth-order valence-electron chi connectivity index (χ4n) is 5.66. The van der Waals surface area contributed by atoms with Crippen molar-refractivity contribution in [3.8, 4) is 23.0 Å². The van der Waals surface area contributed by atoms with E-state index in [1.165, 1.54) is 18.4 Å². The summed E-state index contributed by atoms with van der Waals surface area (Å²) in [4.78, 5) is 33.4. The minimum atomic E-state index is -1.04. The van der Waals surface area contributed by atoms with Crippen molar-refractivity contribution in [2.24, 2.45) is 5.41 Å². The number of aromatic nitrogens is 1. The number of allylic oxidation sites excluding steroid dienone is 2. The van der Waals surface area contributed by atoms with Crippen molar-refractivity contribution in [3.05, 3.63) is 72.1 Å². The van der Waals surface area contributed by atoms with Gasteiger partial charge in [0.2, 0.25) is 11.8 Å². The van der Waals surface area contributed by atoms with E-state index in [0.717, 1.165) is 43.6 Å². The summed E-state index contributed by atoms with van der Waals surface area (Å²) in [5, 5.41) is 6.74. The van der Waals surface area contributed by atoms with Gasteiger partial charge in [0, 0.05) is 35.6 Å². The van der Waals surface area contributed by atoms with Gasteiger partial charge in [-0.25, -0.2) is 0 Å². The van der Waals surface area contributed by atoms with Gasteiger partial charge in [-0.2, -0.15) is 0 Å². The van der Waals surface area contributed by atoms with Crippen molar-refractivity contribution in [2.45, 2.75) is 38.5 Å². The molecule has 218 valence electrons. The summed E-state index contributed by atoms with van der Waals surface area (Å²) >= 11 is 0. The van der Waals surface area contributed by atoms with Gasteiger partial charge in [-0.1, -0.05) is 11.6 Å². The van der Waals surface area contributed by atoms with Crippen molar-refractivity contribution in [2.75, 3.05) is 39.2 Å². The van der Waals surface area contributed by atoms with Crippen LogP contribution in [0.15, 0.2) is 72.1 Å². The zero-order chi connectivity index (χ0) is 29.1. The molecule has 2 amide bonds. The minimum absolute atomic E-state index is 0.235. The van der Waals surface area contributed by atoms with Crippen molar-refractivity contribution >= 4 is 28.4 Å². The number of likely N-dealkylation sites (tertiary alicyclic amines) is 1. The van der Waals surface area contributed by atoms with Crippen molar-refractivity contribution in [3.63, 3.8) is 0 Å². The van der Waals surface area contributed by atoms with Gasteiger partial charge in [-0.05, 0) is 94.1 Å². The van der Waals surface area contributed by atoms with Gasteiger partial charge in [0.25, 0.3) is 0 Å². The molecule has 3 aromatic rings. The van der Waals surface area contributed by atoms with Crippen LogP contribution in [0.1, 0.15) is 38.5 Å². The Kier molecular flexibility index (Phi) is 7.84. The number of ether oxygens (including phenoxy) is 3. The minimum Gasteiger partial charge on any atom is -0.493 e. The summed E-state index contributed by atoms with van der Waals surface area (Å²) in [5.74, 6) is 1.85. The molecule has 2 heterocycles. The smallest absolute Gasteiger partial charge is 0.240 e. The molecule has 0 bridgehead atoms. The van der Waals surface area contributed by atoms with Gasteiger partial charge >= 0.3 is 0 Å². The van der Waals surface area contributed by atoms with E-state index in [0.29, 0.717) is 47.0 Å². The molecule has 2 aromatic carbocycles. The third-order valence-corrected chi connectivity index (χ3v) is 8.24. The fraction of sp³-hybridized carbons (Fsp3) is 0.364. The molecule has 9 heteroatoms. The number of fused-ring (bicyclic) bond motifs is 1. The van der Waals surface area contributed by atoms with E-state index in [4.69, 9.17) is 14.2 Å². The molecule has 2 N–H and O–H groups in total. The number of nitrogens with one attached hydrogen (secondary N) is 2. The monoisotopic (exact) mass is 568 g/mol. The number of carbonyl (C=O) groups excluding carboxylic acids is 2. The predicted octanol–water partition coefficient (Wildman–Crippen LogP) is 5.58. The number of anilines is 1. The highest BCUT2D eigenvalue weighted by atomic mass is 16.5. The molecule has 0 spiro atoms. The summed E-state index contributed by atoms with van der Waals surface area (Å²) in [7, 11) is 3.17. The number of hydrogen-bond donors (Lipinski definition) is 2. The van der Waals surface area contributed by atoms with E-state index in [1.54, 1.807) is 56.8 Å². The molecule has 2 fully saturated rings. The Morgan fingerprint density at radius 3 is 2.36 bits per heavy atom. The number of carbonyl (C=O) groups is 2. The Morgan fingerprint density at radius 2 is 1.64 bits per heavy atom. The molecule has 3 aliphatic rings. The number of rotatable bonds is 10. The quantitative estimate of drug-likeness (QED) is 0.308. The van der Waals surface area contributed by atoms with Crippen LogP contribution in [0.5, 0.6) is 23.0 Å². The van der Waals surface area contributed by atoms with Gasteiger partial charge in [0.1, 0.15) is 16.9 Å². The van der Waals surface area contributed by atoms with Gasteiger partial charge in [0.05, 0.1) is 19.7 Å². The van der Waals surface area contributed by atoms with E-state index in [-0.39, 0.29) is 11.8 Å². The number of methoxy groups -OCH3 is 2. The van der Waals surface area contributed by atoms with E-state index in [1.807, 2.05) is 6.07 Å². The average molecular weight is 569 g/mol. The SMILES string of the molecule is COc1cc2nccc(Oc3ccc(NC(=O)C4(C(=O)NC5=CCCC(CN6CCCC6)=C5)CC4)cc3)c2cc1OC. The number of amides is 2. The van der Waals surface area contributed by atoms with Crippen molar-refractivity contribution < 1.29 is 23.8 Å². The number of nitrogens with zero attached hydrogens (tertiary/aromatic N) is 2. The lowest BCUT2D eigenvalue weighted by atomic mass is 10.0. The fourth-order valence-corrected chi connectivity index (χ4v) is 5.66. The lowest BCUT2D eigenvalue weighted by molar-refractivity contribution is -0.133. The molecule has 0 unspecified atom stereocenters. The highest BCUT2D eigenvalue weighted by Gasteiger charge is 2.56. The standard InChI is InChI=1S/C33H36N4O5/c1-40-29-19-26-27(20-30(29)41-2)34-15-12-28(26)42-25-10-8-23(9-11-25)35-31(38)33(13-14-33)32(39)36-24-7-5-6-22(18-24)21-37-16-3-4-17-37/h7-12,15,18-20H,3-6,13-14,16-17,21H2,1-2H3,(H,35,38)(H,36,39). The topological polar surface area (TPSA) is 102 Å². The second-order valence-corrected chi connectivity index (χ2v) is 11.1. The Morgan fingerprint density at radius 1 is 0.929 bits per heavy atom. The summed E-state index contributed by atoms with van der Waals surface area (Å²) in [5.41, 5.74) is 2.42. The third-order valence-electron chi connectivity index (χ3n) is 8.24. The van der Waals surface area contributed by atoms with E-state index >= 15 is 0 Å². The first-order valence-electron chi connectivity index (χ1n) is 14.5. The average Bonchev–Trinajstić information content (AvgIpc) is 3.68. The van der Waals surface area contributed by atoms with Crippen LogP contribution in [0.2, 0.25) is 0 Å². The Hall–Kier alpha value is -4.37. The maximum absolute atomic E-state index is 13.2. The lowest BCUT2D eigenvalue weighted by Gasteiger charge is -2.21. The number of benzene rings is 2. The van der Waals surface area contributed by atoms with Crippen LogP contribution in [0.3, 0.4) is 0 Å². The highest BCUT2D eigenvalue weighted by molar-refractivity contribution is 6.13. The second kappa shape index (κ2) is 11.9. The largest absolute Gasteiger partial charge is 0.493 e. The Labute approximate surface area is 245 Å². The van der Waals surface area contributed by atoms with Crippen LogP contribution < -0.4 is 24.8 Å². The van der Waals surface area contributed by atoms with Gasteiger partial charge in [-0.15, -0.1) is 0 Å². The lowest BCUT2D eigenvalue weighted by Crippen LogP contribution is -2.39. The first-order chi connectivity index (χ1) is 20.5. The van der Waals surface area contributed by atoms with Crippen LogP contribution in [0, 0.1) is 5.41 Å². The number of hydrogen-bond acceptors (Lipinski definition) is 7. The maximum atomic E-state index is 13.2. The molecule has 42 heavy (non-hydrogen) atoms. The molecule has 1 saturated heterocycles. The van der Waals surface area contributed by atoms with Crippen molar-refractivity contribution in [1.29, 1.82) is 0 Å². The molecule has 9 nitrogen and oxygen atoms in total. The predicted molar refractivity (Wildman–Crippen MR) is 161 cm³/mol. The Bertz CT molecular complexity index is 1550. The molecule has 1 aromatic heterocycles. The van der Waals surface area contributed by atoms with E-state index in [2.05, 4.69) is 32.7 Å². The summed E-state index contributed by atoms with van der Waals surface area (Å²) in [6.07, 6.45) is 11.3. The van der Waals surface area contributed by atoms with Crippen LogP contribution in [-0.2, 0) is 9.59 Å². The highest BCUT2D eigenvalue weighted by Crippen LogP contribution is 2.47. The number of pyridine rings is 1. The molecular formula is C33H36N4O5. The normalized spacial score (nSPS) is 17.7. The third kappa shape index (κ3) is 5.83. The van der Waals surface area contributed by atoms with Crippen molar-refractivity contribution in [1.82, 2.24) is 15.2 Å². The maximum Gasteiger partial charge on any atom is 0.240 e. The van der Waals surface area contributed by atoms with E-state index < -0.39 is 5.41 Å². The molecule has 0 atom stereocenters. The van der Waals surface area contributed by atoms with Crippen LogP contribution in [-0.4, -0.2) is 55.6 Å². The van der Waals surface area contributed by atoms with Gasteiger partial charge < -0.3 is 24.8 Å². The van der Waals surface area contributed by atoms with Gasteiger partial charge in [0.15, 0.2) is 11.5 Å². The molecule has 2 aliphatic carbocycles. The molecule has 1 saturated carbocycles. The van der Waals surface area contributed by atoms with Crippen LogP contribution >= 0.6 is 0 Å². The van der Waals surface area contributed by atoms with E-state index in [9.17, 15) is 9.59 Å². The first-order valence-corrected chi connectivity index (χ1v) is 14.5. The molecule has 6 rings (SSSR count). The molecule has 1 aliphatic heterocycles. The first kappa shape index (κ1) is 27.8. The summed E-state index contributed by atoms with van der Waals surface area (Å²) in [6, 6.07) is 12.5. The Balaban J connectivity index is 1.08.